The Labute approximate surface area is 101 Å². The molecule has 2 heterocycles. The number of rotatable bonds is 2. The molecule has 0 aliphatic carbocycles. The zero-order valence-corrected chi connectivity index (χ0v) is 10.1. The summed E-state index contributed by atoms with van der Waals surface area (Å²) >= 11 is 0. The Morgan fingerprint density at radius 2 is 2.18 bits per heavy atom. The van der Waals surface area contributed by atoms with E-state index in [1.165, 1.54) is 17.0 Å². The lowest BCUT2D eigenvalue weighted by atomic mass is 9.98. The van der Waals surface area contributed by atoms with Crippen LogP contribution in [0.25, 0.3) is 0 Å². The van der Waals surface area contributed by atoms with E-state index in [9.17, 15) is 0 Å². The number of hydrogen-bond donors (Lipinski definition) is 1. The third-order valence-electron chi connectivity index (χ3n) is 3.44. The van der Waals surface area contributed by atoms with E-state index in [1.54, 1.807) is 0 Å². The minimum Gasteiger partial charge on any atom is -0.334 e. The van der Waals surface area contributed by atoms with E-state index in [0.29, 0.717) is 0 Å². The molecule has 0 saturated heterocycles. The van der Waals surface area contributed by atoms with Gasteiger partial charge in [0.1, 0.15) is 0 Å². The average molecular weight is 227 g/mol. The van der Waals surface area contributed by atoms with Gasteiger partial charge >= 0.3 is 0 Å². The fraction of sp³-hybridized carbons (Fsp3) is 0.357. The molecule has 3 heteroatoms. The molecule has 1 aromatic carbocycles. The third kappa shape index (κ3) is 1.76. The Kier molecular flexibility index (Phi) is 2.69. The fourth-order valence-electron chi connectivity index (χ4n) is 2.56. The normalized spacial score (nSPS) is 19.0. The molecule has 0 spiro atoms. The second-order valence-corrected chi connectivity index (χ2v) is 4.41. The van der Waals surface area contributed by atoms with Crippen molar-refractivity contribution >= 4 is 0 Å². The Balaban J connectivity index is 2.03. The predicted octanol–water partition coefficient (Wildman–Crippen LogP) is 2.14. The van der Waals surface area contributed by atoms with Gasteiger partial charge in [-0.05, 0) is 12.5 Å². The molecule has 1 aliphatic heterocycles. The van der Waals surface area contributed by atoms with Crippen LogP contribution < -0.4 is 5.32 Å². The number of nitrogens with zero attached hydrogens (tertiary/aromatic N) is 2. The lowest BCUT2D eigenvalue weighted by Gasteiger charge is -2.24. The van der Waals surface area contributed by atoms with Crippen LogP contribution in [-0.2, 0) is 13.0 Å². The largest absolute Gasteiger partial charge is 0.334 e. The number of aromatic nitrogens is 2. The van der Waals surface area contributed by atoms with Gasteiger partial charge in [-0.2, -0.15) is 0 Å². The number of nitrogens with one attached hydrogen (secondary N) is 1. The van der Waals surface area contributed by atoms with E-state index >= 15 is 0 Å². The highest BCUT2D eigenvalue weighted by Crippen LogP contribution is 2.27. The maximum atomic E-state index is 4.59. The van der Waals surface area contributed by atoms with Crippen LogP contribution in [0.5, 0.6) is 0 Å². The highest BCUT2D eigenvalue weighted by atomic mass is 15.1. The molecule has 3 nitrogen and oxygen atoms in total. The minimum absolute atomic E-state index is 0.257. The molecule has 0 radical (unpaired) electrons. The summed E-state index contributed by atoms with van der Waals surface area (Å²) in [6, 6.07) is 10.8. The van der Waals surface area contributed by atoms with Crippen LogP contribution in [0.4, 0.5) is 0 Å². The summed E-state index contributed by atoms with van der Waals surface area (Å²) in [6.07, 6.45) is 3.04. The first-order chi connectivity index (χ1) is 8.40. The van der Waals surface area contributed by atoms with E-state index in [1.807, 2.05) is 6.33 Å². The van der Waals surface area contributed by atoms with Crippen LogP contribution in [0.3, 0.4) is 0 Å². The molecule has 1 unspecified atom stereocenters. The van der Waals surface area contributed by atoms with Crippen molar-refractivity contribution in [2.24, 2.45) is 0 Å². The lowest BCUT2D eigenvalue weighted by Crippen LogP contribution is -2.31. The molecule has 0 amide bonds. The molecule has 88 valence electrons. The van der Waals surface area contributed by atoms with Crippen molar-refractivity contribution in [2.75, 3.05) is 6.54 Å². The van der Waals surface area contributed by atoms with Gasteiger partial charge in [-0.1, -0.05) is 30.3 Å². The molecule has 1 atom stereocenters. The molecule has 17 heavy (non-hydrogen) atoms. The van der Waals surface area contributed by atoms with Gasteiger partial charge in [0.2, 0.25) is 0 Å². The predicted molar refractivity (Wildman–Crippen MR) is 67.9 cm³/mol. The Hall–Kier alpha value is -1.61. The summed E-state index contributed by atoms with van der Waals surface area (Å²) in [6.45, 7) is 4.20. The topological polar surface area (TPSA) is 29.9 Å². The van der Waals surface area contributed by atoms with Gasteiger partial charge in [0, 0.05) is 25.2 Å². The molecular formula is C14H17N3. The van der Waals surface area contributed by atoms with Crippen LogP contribution in [0.2, 0.25) is 0 Å². The monoisotopic (exact) mass is 227 g/mol. The fourth-order valence-corrected chi connectivity index (χ4v) is 2.56. The summed E-state index contributed by atoms with van der Waals surface area (Å²) < 4.78 is 2.26. The first-order valence-electron chi connectivity index (χ1n) is 6.22. The molecule has 0 bridgehead atoms. The van der Waals surface area contributed by atoms with Crippen molar-refractivity contribution in [3.05, 3.63) is 53.6 Å². The van der Waals surface area contributed by atoms with Gasteiger partial charge < -0.3 is 9.88 Å². The zero-order valence-electron chi connectivity index (χ0n) is 10.1. The number of benzene rings is 1. The summed E-state index contributed by atoms with van der Waals surface area (Å²) in [5.74, 6) is 0. The minimum atomic E-state index is 0.257. The van der Waals surface area contributed by atoms with Crippen LogP contribution in [0.1, 0.15) is 29.9 Å². The van der Waals surface area contributed by atoms with Gasteiger partial charge in [-0.25, -0.2) is 4.98 Å². The van der Waals surface area contributed by atoms with Crippen molar-refractivity contribution < 1.29 is 0 Å². The zero-order chi connectivity index (χ0) is 11.7. The Morgan fingerprint density at radius 1 is 1.35 bits per heavy atom. The number of imidazole rings is 1. The third-order valence-corrected chi connectivity index (χ3v) is 3.44. The first kappa shape index (κ1) is 10.5. The Morgan fingerprint density at radius 3 is 2.94 bits per heavy atom. The van der Waals surface area contributed by atoms with Crippen molar-refractivity contribution in [2.45, 2.75) is 25.9 Å². The molecule has 0 saturated carbocycles. The van der Waals surface area contributed by atoms with Gasteiger partial charge in [0.15, 0.2) is 0 Å². The van der Waals surface area contributed by atoms with Crippen LogP contribution in [-0.4, -0.2) is 16.1 Å². The maximum absolute atomic E-state index is 4.59. The van der Waals surface area contributed by atoms with Crippen molar-refractivity contribution in [1.29, 1.82) is 0 Å². The van der Waals surface area contributed by atoms with Crippen molar-refractivity contribution in [1.82, 2.24) is 14.9 Å². The molecule has 0 fully saturated rings. The molecular weight excluding hydrogens is 210 g/mol. The quantitative estimate of drug-likeness (QED) is 0.852. The molecule has 1 aliphatic rings. The second-order valence-electron chi connectivity index (χ2n) is 4.41. The molecule has 1 aromatic heterocycles. The van der Waals surface area contributed by atoms with E-state index < -0.39 is 0 Å². The molecule has 2 aromatic rings. The van der Waals surface area contributed by atoms with E-state index in [0.717, 1.165) is 19.5 Å². The van der Waals surface area contributed by atoms with Gasteiger partial charge in [-0.3, -0.25) is 0 Å². The standard InChI is InChI=1S/C14H17N3/c1-2-17-10-16-14-12(17)8-9-15-13(14)11-6-4-3-5-7-11/h3-7,10,13,15H,2,8-9H2,1H3. The highest BCUT2D eigenvalue weighted by Gasteiger charge is 2.24. The summed E-state index contributed by atoms with van der Waals surface area (Å²) in [4.78, 5) is 4.59. The van der Waals surface area contributed by atoms with Crippen LogP contribution in [0, 0.1) is 0 Å². The molecule has 1 N–H and O–H groups in total. The van der Waals surface area contributed by atoms with Gasteiger partial charge in [0.25, 0.3) is 0 Å². The number of fused-ring (bicyclic) bond motifs is 1. The van der Waals surface area contributed by atoms with Crippen LogP contribution in [0.15, 0.2) is 36.7 Å². The summed E-state index contributed by atoms with van der Waals surface area (Å²) in [5, 5.41) is 3.55. The maximum Gasteiger partial charge on any atom is 0.0952 e. The van der Waals surface area contributed by atoms with Gasteiger partial charge in [-0.15, -0.1) is 0 Å². The lowest BCUT2D eigenvalue weighted by molar-refractivity contribution is 0.538. The van der Waals surface area contributed by atoms with Gasteiger partial charge in [0.05, 0.1) is 18.1 Å². The van der Waals surface area contributed by atoms with Crippen molar-refractivity contribution in [3.63, 3.8) is 0 Å². The smallest absolute Gasteiger partial charge is 0.0952 e. The first-order valence-corrected chi connectivity index (χ1v) is 6.22. The van der Waals surface area contributed by atoms with E-state index in [2.05, 4.69) is 52.1 Å². The summed E-state index contributed by atoms with van der Waals surface area (Å²) in [5.41, 5.74) is 3.89. The van der Waals surface area contributed by atoms with Crippen LogP contribution >= 0.6 is 0 Å². The van der Waals surface area contributed by atoms with Crippen molar-refractivity contribution in [3.8, 4) is 0 Å². The number of hydrogen-bond acceptors (Lipinski definition) is 2. The highest BCUT2D eigenvalue weighted by molar-refractivity contribution is 5.32. The SMILES string of the molecule is CCn1cnc2c1CCNC2c1ccccc1. The summed E-state index contributed by atoms with van der Waals surface area (Å²) in [7, 11) is 0. The van der Waals surface area contributed by atoms with E-state index in [4.69, 9.17) is 0 Å². The number of aryl methyl sites for hydroxylation is 1. The van der Waals surface area contributed by atoms with E-state index in [-0.39, 0.29) is 6.04 Å². The molecule has 3 rings (SSSR count). The Bertz CT molecular complexity index is 501. The average Bonchev–Trinajstić information content (AvgIpc) is 2.82. The second kappa shape index (κ2) is 4.34.